The summed E-state index contributed by atoms with van der Waals surface area (Å²) >= 11 is 0. The minimum atomic E-state index is -4.54. The second-order valence-electron chi connectivity index (χ2n) is 6.00. The molecular weight excluding hydrogens is 353 g/mol. The molecule has 3 atom stereocenters. The first-order valence-electron chi connectivity index (χ1n) is 7.35. The molecule has 1 fully saturated rings. The first-order chi connectivity index (χ1) is 10.8. The standard InChI is InChI=1S/C13H23F3N2O5S/c1-9-7-10(23-12(9,2)11(19)18(3)22-4)8-17-24(20,21)6-5-13(14,15)16/h9-10,17H,5-8H2,1-4H3. The molecule has 0 aliphatic carbocycles. The molecule has 1 heterocycles. The third-order valence-electron chi connectivity index (χ3n) is 4.14. The first kappa shape index (κ1) is 21.1. The zero-order valence-electron chi connectivity index (χ0n) is 14.0. The summed E-state index contributed by atoms with van der Waals surface area (Å²) in [6.45, 7) is 3.16. The minimum absolute atomic E-state index is 0.190. The number of hydrogen-bond acceptors (Lipinski definition) is 5. The van der Waals surface area contributed by atoms with E-state index in [1.807, 2.05) is 0 Å². The van der Waals surface area contributed by atoms with Gasteiger partial charge in [-0.3, -0.25) is 9.63 Å². The molecule has 1 rings (SSSR count). The molecule has 1 aliphatic heterocycles. The average Bonchev–Trinajstić information content (AvgIpc) is 2.77. The van der Waals surface area contributed by atoms with Gasteiger partial charge in [-0.1, -0.05) is 6.92 Å². The van der Waals surface area contributed by atoms with Gasteiger partial charge in [0.1, 0.15) is 5.60 Å². The van der Waals surface area contributed by atoms with Crippen LogP contribution in [0.2, 0.25) is 0 Å². The zero-order chi connectivity index (χ0) is 18.8. The highest BCUT2D eigenvalue weighted by Crippen LogP contribution is 2.37. The van der Waals surface area contributed by atoms with E-state index in [-0.39, 0.29) is 12.5 Å². The Hall–Kier alpha value is -0.910. The molecule has 1 amide bonds. The SMILES string of the molecule is CON(C)C(=O)C1(C)OC(CNS(=O)(=O)CCC(F)(F)F)CC1C. The summed E-state index contributed by atoms with van der Waals surface area (Å²) in [7, 11) is -1.31. The molecule has 0 aromatic carbocycles. The van der Waals surface area contributed by atoms with Crippen LogP contribution in [0.1, 0.15) is 26.7 Å². The van der Waals surface area contributed by atoms with Gasteiger partial charge < -0.3 is 4.74 Å². The summed E-state index contributed by atoms with van der Waals surface area (Å²) in [5.41, 5.74) is -1.19. The van der Waals surface area contributed by atoms with Gasteiger partial charge in [0.2, 0.25) is 10.0 Å². The van der Waals surface area contributed by atoms with Crippen molar-refractivity contribution in [1.29, 1.82) is 0 Å². The van der Waals surface area contributed by atoms with Crippen LogP contribution in [-0.2, 0) is 24.4 Å². The maximum absolute atomic E-state index is 12.3. The Morgan fingerprint density at radius 1 is 1.46 bits per heavy atom. The smallest absolute Gasteiger partial charge is 0.360 e. The number of hydrogen-bond donors (Lipinski definition) is 1. The van der Waals surface area contributed by atoms with Crippen LogP contribution in [0, 0.1) is 5.92 Å². The van der Waals surface area contributed by atoms with Crippen LogP contribution in [0.25, 0.3) is 0 Å². The van der Waals surface area contributed by atoms with Crippen molar-refractivity contribution in [1.82, 2.24) is 9.79 Å². The van der Waals surface area contributed by atoms with Crippen molar-refractivity contribution in [3.63, 3.8) is 0 Å². The summed E-state index contributed by atoms with van der Waals surface area (Å²) in [6, 6.07) is 0. The Morgan fingerprint density at radius 3 is 2.54 bits per heavy atom. The lowest BCUT2D eigenvalue weighted by Crippen LogP contribution is -2.48. The molecule has 1 aliphatic rings. The van der Waals surface area contributed by atoms with Crippen LogP contribution < -0.4 is 4.72 Å². The Morgan fingerprint density at radius 2 is 2.04 bits per heavy atom. The molecule has 0 radical (unpaired) electrons. The number of carbonyl (C=O) groups excluding carboxylic acids is 1. The maximum Gasteiger partial charge on any atom is 0.390 e. The summed E-state index contributed by atoms with van der Waals surface area (Å²) in [5.74, 6) is -1.67. The highest BCUT2D eigenvalue weighted by Gasteiger charge is 2.49. The number of amides is 1. The molecule has 3 unspecified atom stereocenters. The Balaban J connectivity index is 2.61. The largest absolute Gasteiger partial charge is 0.390 e. The Labute approximate surface area is 139 Å². The molecule has 1 saturated heterocycles. The summed E-state index contributed by atoms with van der Waals surface area (Å²) in [5, 5.41) is 1.02. The maximum atomic E-state index is 12.3. The van der Waals surface area contributed by atoms with Gasteiger partial charge in [0.05, 0.1) is 25.4 Å². The van der Waals surface area contributed by atoms with Crippen molar-refractivity contribution in [2.45, 2.75) is 44.6 Å². The van der Waals surface area contributed by atoms with Gasteiger partial charge in [-0.15, -0.1) is 0 Å². The van der Waals surface area contributed by atoms with E-state index in [9.17, 15) is 26.4 Å². The third kappa shape index (κ3) is 5.57. The van der Waals surface area contributed by atoms with Crippen LogP contribution in [0.4, 0.5) is 13.2 Å². The van der Waals surface area contributed by atoms with E-state index in [1.165, 1.54) is 14.2 Å². The molecule has 24 heavy (non-hydrogen) atoms. The molecule has 0 spiro atoms. The molecule has 11 heteroatoms. The van der Waals surface area contributed by atoms with E-state index in [2.05, 4.69) is 4.72 Å². The normalized spacial score (nSPS) is 28.1. The molecule has 0 aromatic rings. The number of sulfonamides is 1. The number of nitrogens with zero attached hydrogens (tertiary/aromatic N) is 1. The number of hydroxylamine groups is 2. The molecule has 0 bridgehead atoms. The van der Waals surface area contributed by atoms with Gasteiger partial charge in [-0.25, -0.2) is 18.2 Å². The molecule has 1 N–H and O–H groups in total. The first-order valence-corrected chi connectivity index (χ1v) is 9.00. The van der Waals surface area contributed by atoms with Crippen molar-refractivity contribution in [2.24, 2.45) is 5.92 Å². The lowest BCUT2D eigenvalue weighted by atomic mass is 9.89. The molecule has 7 nitrogen and oxygen atoms in total. The van der Waals surface area contributed by atoms with E-state index in [0.717, 1.165) is 5.06 Å². The Bertz CT molecular complexity index is 554. The predicted molar refractivity (Wildman–Crippen MR) is 79.3 cm³/mol. The highest BCUT2D eigenvalue weighted by atomic mass is 32.2. The number of nitrogens with one attached hydrogen (secondary N) is 1. The van der Waals surface area contributed by atoms with E-state index in [1.54, 1.807) is 13.8 Å². The quantitative estimate of drug-likeness (QED) is 0.672. The van der Waals surface area contributed by atoms with Crippen molar-refractivity contribution in [3.05, 3.63) is 0 Å². The fraction of sp³-hybridized carbons (Fsp3) is 0.923. The van der Waals surface area contributed by atoms with Gasteiger partial charge >= 0.3 is 6.18 Å². The average molecular weight is 376 g/mol. The predicted octanol–water partition coefficient (Wildman–Crippen LogP) is 1.06. The van der Waals surface area contributed by atoms with Crippen LogP contribution >= 0.6 is 0 Å². The molecule has 0 saturated carbocycles. The topological polar surface area (TPSA) is 84.9 Å². The molecule has 0 aromatic heterocycles. The van der Waals surface area contributed by atoms with Crippen LogP contribution in [0.15, 0.2) is 0 Å². The van der Waals surface area contributed by atoms with Crippen molar-refractivity contribution in [2.75, 3.05) is 26.5 Å². The lowest BCUT2D eigenvalue weighted by Gasteiger charge is -2.30. The number of carbonyl (C=O) groups is 1. The number of halogens is 3. The number of alkyl halides is 3. The van der Waals surface area contributed by atoms with E-state index in [0.29, 0.717) is 6.42 Å². The lowest BCUT2D eigenvalue weighted by molar-refractivity contribution is -0.193. The third-order valence-corrected chi connectivity index (χ3v) is 5.49. The van der Waals surface area contributed by atoms with Gasteiger partial charge in [-0.05, 0) is 19.3 Å². The monoisotopic (exact) mass is 376 g/mol. The number of likely N-dealkylation sites (N-methyl/N-ethyl adjacent to an activating group) is 1. The van der Waals surface area contributed by atoms with Gasteiger partial charge in [-0.2, -0.15) is 13.2 Å². The summed E-state index contributed by atoms with van der Waals surface area (Å²) in [6.07, 6.45) is -6.18. The van der Waals surface area contributed by atoms with Gasteiger partial charge in [0.25, 0.3) is 5.91 Å². The minimum Gasteiger partial charge on any atom is -0.360 e. The second-order valence-corrected chi connectivity index (χ2v) is 7.93. The van der Waals surface area contributed by atoms with Crippen LogP contribution in [0.3, 0.4) is 0 Å². The van der Waals surface area contributed by atoms with Crippen molar-refractivity contribution >= 4 is 15.9 Å². The van der Waals surface area contributed by atoms with Gasteiger partial charge in [0.15, 0.2) is 0 Å². The fourth-order valence-corrected chi connectivity index (χ4v) is 3.54. The zero-order valence-corrected chi connectivity index (χ0v) is 14.8. The summed E-state index contributed by atoms with van der Waals surface area (Å²) in [4.78, 5) is 17.1. The fourth-order valence-electron chi connectivity index (χ4n) is 2.45. The highest BCUT2D eigenvalue weighted by molar-refractivity contribution is 7.89. The number of ether oxygens (including phenoxy) is 1. The molecule has 142 valence electrons. The van der Waals surface area contributed by atoms with E-state index >= 15 is 0 Å². The Kier molecular flexibility index (Phi) is 6.64. The molecular formula is C13H23F3N2O5S. The van der Waals surface area contributed by atoms with Crippen LogP contribution in [-0.4, -0.2) is 63.7 Å². The second kappa shape index (κ2) is 7.54. The number of rotatable bonds is 7. The van der Waals surface area contributed by atoms with Gasteiger partial charge in [0, 0.05) is 13.6 Å². The van der Waals surface area contributed by atoms with Crippen molar-refractivity contribution < 1.29 is 36.0 Å². The van der Waals surface area contributed by atoms with Crippen LogP contribution in [0.5, 0.6) is 0 Å². The van der Waals surface area contributed by atoms with E-state index in [4.69, 9.17) is 9.57 Å². The van der Waals surface area contributed by atoms with E-state index < -0.39 is 46.0 Å². The van der Waals surface area contributed by atoms with Crippen molar-refractivity contribution in [3.8, 4) is 0 Å². The summed E-state index contributed by atoms with van der Waals surface area (Å²) < 4.78 is 67.3.